The van der Waals surface area contributed by atoms with Crippen molar-refractivity contribution in [3.05, 3.63) is 29.8 Å². The zero-order valence-electron chi connectivity index (χ0n) is 10.2. The van der Waals surface area contributed by atoms with Gasteiger partial charge < -0.3 is 4.74 Å². The van der Waals surface area contributed by atoms with Crippen molar-refractivity contribution in [2.75, 3.05) is 0 Å². The monoisotopic (exact) mass is 276 g/mol. The Morgan fingerprint density at radius 3 is 2.12 bits per heavy atom. The molecule has 1 aromatic rings. The molecule has 0 heterocycles. The van der Waals surface area contributed by atoms with Crippen LogP contribution in [0, 0.1) is 0 Å². The molecule has 96 valence electrons. The Balaban J connectivity index is 2.93. The molecule has 0 aromatic heterocycles. The molecule has 0 aliphatic heterocycles. The third-order valence-electron chi connectivity index (χ3n) is 2.34. The third kappa shape index (κ3) is 4.30. The molecule has 0 saturated heterocycles. The van der Waals surface area contributed by atoms with Gasteiger partial charge in [0.15, 0.2) is 0 Å². The molecule has 17 heavy (non-hydrogen) atoms. The third-order valence-corrected chi connectivity index (χ3v) is 3.71. The molecule has 1 aromatic carbocycles. The van der Waals surface area contributed by atoms with Crippen LogP contribution in [0.15, 0.2) is 29.2 Å². The highest BCUT2D eigenvalue weighted by molar-refractivity contribution is 8.13. The maximum Gasteiger partial charge on any atom is 0.261 e. The second-order valence-corrected chi connectivity index (χ2v) is 6.65. The summed E-state index contributed by atoms with van der Waals surface area (Å²) in [5.41, 5.74) is 0.963. The van der Waals surface area contributed by atoms with Crippen LogP contribution in [0.1, 0.15) is 38.9 Å². The summed E-state index contributed by atoms with van der Waals surface area (Å²) in [5, 5.41) is 0. The lowest BCUT2D eigenvalue weighted by Crippen LogP contribution is -2.09. The molecule has 0 spiro atoms. The quantitative estimate of drug-likeness (QED) is 0.773. The molecule has 5 heteroatoms. The van der Waals surface area contributed by atoms with Crippen LogP contribution < -0.4 is 0 Å². The van der Waals surface area contributed by atoms with Gasteiger partial charge in [-0.05, 0) is 38.0 Å². The van der Waals surface area contributed by atoms with Crippen molar-refractivity contribution in [3.8, 4) is 0 Å². The second-order valence-electron chi connectivity index (χ2n) is 4.09. The molecule has 3 nitrogen and oxygen atoms in total. The first-order valence-corrected chi connectivity index (χ1v) is 7.85. The van der Waals surface area contributed by atoms with Gasteiger partial charge in [-0.2, -0.15) is 0 Å². The molecule has 1 unspecified atom stereocenters. The van der Waals surface area contributed by atoms with Crippen LogP contribution in [0.25, 0.3) is 0 Å². The highest BCUT2D eigenvalue weighted by Crippen LogP contribution is 2.24. The molecule has 0 aliphatic rings. The zero-order valence-corrected chi connectivity index (χ0v) is 11.8. The summed E-state index contributed by atoms with van der Waals surface area (Å²) in [5.74, 6) is 0. The Hall–Kier alpha value is -0.580. The van der Waals surface area contributed by atoms with Gasteiger partial charge in [-0.25, -0.2) is 8.42 Å². The molecule has 0 bridgehead atoms. The SMILES string of the molecule is CCC(OC(C)C)c1ccc(S(=O)(=O)Cl)cc1. The molecule has 0 amide bonds. The number of halogens is 1. The number of ether oxygens (including phenoxy) is 1. The lowest BCUT2D eigenvalue weighted by atomic mass is 10.1. The topological polar surface area (TPSA) is 43.4 Å². The molecular formula is C12H17ClO3S. The summed E-state index contributed by atoms with van der Waals surface area (Å²) in [7, 11) is 1.61. The van der Waals surface area contributed by atoms with Gasteiger partial charge in [-0.1, -0.05) is 19.1 Å². The Kier molecular flexibility index (Phi) is 4.98. The molecule has 1 rings (SSSR count). The number of rotatable bonds is 5. The predicted octanol–water partition coefficient (Wildman–Crippen LogP) is 3.49. The Morgan fingerprint density at radius 2 is 1.76 bits per heavy atom. The molecule has 1 atom stereocenters. The summed E-state index contributed by atoms with van der Waals surface area (Å²) in [6, 6.07) is 6.49. The van der Waals surface area contributed by atoms with E-state index < -0.39 is 9.05 Å². The van der Waals surface area contributed by atoms with Crippen LogP contribution in [-0.4, -0.2) is 14.5 Å². The fourth-order valence-corrected chi connectivity index (χ4v) is 2.35. The van der Waals surface area contributed by atoms with Gasteiger partial charge in [0, 0.05) is 10.7 Å². The van der Waals surface area contributed by atoms with Crippen LogP contribution in [0.3, 0.4) is 0 Å². The van der Waals surface area contributed by atoms with Crippen LogP contribution in [0.5, 0.6) is 0 Å². The minimum Gasteiger partial charge on any atom is -0.371 e. The summed E-state index contributed by atoms with van der Waals surface area (Å²) in [6.07, 6.45) is 0.962. The maximum absolute atomic E-state index is 11.1. The van der Waals surface area contributed by atoms with Crippen molar-refractivity contribution in [2.45, 2.75) is 44.3 Å². The standard InChI is InChI=1S/C12H17ClO3S/c1-4-12(16-9(2)3)10-5-7-11(8-6-10)17(13,14)15/h5-9,12H,4H2,1-3H3. The molecule has 0 fully saturated rings. The summed E-state index contributed by atoms with van der Waals surface area (Å²) >= 11 is 0. The van der Waals surface area contributed by atoms with E-state index in [0.29, 0.717) is 0 Å². The van der Waals surface area contributed by atoms with E-state index >= 15 is 0 Å². The van der Waals surface area contributed by atoms with E-state index in [1.807, 2.05) is 20.8 Å². The lowest BCUT2D eigenvalue weighted by Gasteiger charge is -2.19. The van der Waals surface area contributed by atoms with Crippen molar-refractivity contribution < 1.29 is 13.2 Å². The van der Waals surface area contributed by atoms with Crippen molar-refractivity contribution >= 4 is 19.7 Å². The first-order valence-electron chi connectivity index (χ1n) is 5.54. The lowest BCUT2D eigenvalue weighted by molar-refractivity contribution is 0.00445. The highest BCUT2D eigenvalue weighted by atomic mass is 35.7. The van der Waals surface area contributed by atoms with Gasteiger partial charge in [0.2, 0.25) is 0 Å². The van der Waals surface area contributed by atoms with Crippen LogP contribution in [0.2, 0.25) is 0 Å². The molecule has 0 radical (unpaired) electrons. The Morgan fingerprint density at radius 1 is 1.24 bits per heavy atom. The fourth-order valence-electron chi connectivity index (χ4n) is 1.58. The average Bonchev–Trinajstić information content (AvgIpc) is 2.24. The highest BCUT2D eigenvalue weighted by Gasteiger charge is 2.14. The minimum absolute atomic E-state index is 0.0120. The molecule has 0 saturated carbocycles. The first-order chi connectivity index (χ1) is 7.84. The van der Waals surface area contributed by atoms with Crippen molar-refractivity contribution in [3.63, 3.8) is 0 Å². The van der Waals surface area contributed by atoms with Gasteiger partial charge in [0.05, 0.1) is 17.1 Å². The largest absolute Gasteiger partial charge is 0.371 e. The van der Waals surface area contributed by atoms with Crippen molar-refractivity contribution in [2.24, 2.45) is 0 Å². The van der Waals surface area contributed by atoms with Gasteiger partial charge in [0.25, 0.3) is 9.05 Å². The van der Waals surface area contributed by atoms with Gasteiger partial charge in [-0.3, -0.25) is 0 Å². The smallest absolute Gasteiger partial charge is 0.261 e. The van der Waals surface area contributed by atoms with E-state index in [1.165, 1.54) is 12.1 Å². The van der Waals surface area contributed by atoms with E-state index in [-0.39, 0.29) is 17.1 Å². The zero-order chi connectivity index (χ0) is 13.1. The van der Waals surface area contributed by atoms with Crippen LogP contribution in [-0.2, 0) is 13.8 Å². The van der Waals surface area contributed by atoms with E-state index in [4.69, 9.17) is 15.4 Å². The maximum atomic E-state index is 11.1. The summed E-state index contributed by atoms with van der Waals surface area (Å²) in [4.78, 5) is 0.113. The first kappa shape index (κ1) is 14.5. The number of hydrogen-bond donors (Lipinski definition) is 0. The summed E-state index contributed by atoms with van der Waals surface area (Å²) in [6.45, 7) is 5.97. The van der Waals surface area contributed by atoms with E-state index in [9.17, 15) is 8.42 Å². The van der Waals surface area contributed by atoms with Gasteiger partial charge in [0.1, 0.15) is 0 Å². The average molecular weight is 277 g/mol. The molecule has 0 N–H and O–H groups in total. The van der Waals surface area contributed by atoms with E-state index in [0.717, 1.165) is 12.0 Å². The van der Waals surface area contributed by atoms with E-state index in [2.05, 4.69) is 0 Å². The van der Waals surface area contributed by atoms with Crippen molar-refractivity contribution in [1.82, 2.24) is 0 Å². The van der Waals surface area contributed by atoms with Gasteiger partial charge >= 0.3 is 0 Å². The summed E-state index contributed by atoms with van der Waals surface area (Å²) < 4.78 is 27.9. The second kappa shape index (κ2) is 5.85. The fraction of sp³-hybridized carbons (Fsp3) is 0.500. The minimum atomic E-state index is -3.64. The predicted molar refractivity (Wildman–Crippen MR) is 68.7 cm³/mol. The molecule has 0 aliphatic carbocycles. The number of hydrogen-bond acceptors (Lipinski definition) is 3. The van der Waals surface area contributed by atoms with Crippen LogP contribution in [0.4, 0.5) is 0 Å². The Labute approximate surface area is 107 Å². The van der Waals surface area contributed by atoms with Gasteiger partial charge in [-0.15, -0.1) is 0 Å². The van der Waals surface area contributed by atoms with Crippen molar-refractivity contribution in [1.29, 1.82) is 0 Å². The normalized spacial score (nSPS) is 13.9. The molecular weight excluding hydrogens is 260 g/mol. The van der Waals surface area contributed by atoms with E-state index in [1.54, 1.807) is 12.1 Å². The van der Waals surface area contributed by atoms with Crippen LogP contribution >= 0.6 is 10.7 Å². The number of benzene rings is 1. The Bertz CT molecular complexity index is 451.